The Morgan fingerprint density at radius 1 is 1.14 bits per heavy atom. The van der Waals surface area contributed by atoms with Gasteiger partial charge in [0.1, 0.15) is 5.75 Å². The number of benzene rings is 2. The zero-order chi connectivity index (χ0) is 15.1. The minimum absolute atomic E-state index is 0.230. The number of carbonyl (C=O) groups excluding carboxylic acids is 1. The number of carbonyl (C=O) groups is 1. The molecule has 110 valence electrons. The molecule has 2 aromatic rings. The van der Waals surface area contributed by atoms with Gasteiger partial charge >= 0.3 is 6.03 Å². The van der Waals surface area contributed by atoms with Crippen LogP contribution in [0.5, 0.6) is 5.75 Å². The summed E-state index contributed by atoms with van der Waals surface area (Å²) in [7, 11) is 0. The van der Waals surface area contributed by atoms with Gasteiger partial charge in [-0.15, -0.1) is 0 Å². The van der Waals surface area contributed by atoms with Crippen molar-refractivity contribution in [3.8, 4) is 5.75 Å². The summed E-state index contributed by atoms with van der Waals surface area (Å²) < 4.78 is 5.53. The first-order chi connectivity index (χ1) is 10.2. The van der Waals surface area contributed by atoms with Crippen molar-refractivity contribution in [2.24, 2.45) is 0 Å². The summed E-state index contributed by atoms with van der Waals surface area (Å²) in [6.45, 7) is 4.95. The number of hydrogen-bond donors (Lipinski definition) is 2. The number of ether oxygens (including phenoxy) is 1. The third kappa shape index (κ3) is 4.53. The fraction of sp³-hybridized carbons (Fsp3) is 0.235. The molecule has 2 amide bonds. The Bertz CT molecular complexity index is 611. The molecule has 0 saturated heterocycles. The van der Waals surface area contributed by atoms with Crippen LogP contribution in [0.4, 0.5) is 10.5 Å². The van der Waals surface area contributed by atoms with Gasteiger partial charge in [0.15, 0.2) is 0 Å². The molecule has 0 aliphatic rings. The van der Waals surface area contributed by atoms with E-state index in [0.717, 1.165) is 22.6 Å². The molecule has 0 heterocycles. The van der Waals surface area contributed by atoms with Gasteiger partial charge in [0.05, 0.1) is 6.61 Å². The summed E-state index contributed by atoms with van der Waals surface area (Å²) in [4.78, 5) is 11.9. The highest BCUT2D eigenvalue weighted by molar-refractivity contribution is 5.89. The molecule has 2 N–H and O–H groups in total. The zero-order valence-corrected chi connectivity index (χ0v) is 12.3. The normalized spacial score (nSPS) is 10.0. The topological polar surface area (TPSA) is 50.4 Å². The first-order valence-electron chi connectivity index (χ1n) is 7.01. The van der Waals surface area contributed by atoms with Crippen LogP contribution in [0.25, 0.3) is 0 Å². The summed E-state index contributed by atoms with van der Waals surface area (Å²) in [5, 5.41) is 5.65. The van der Waals surface area contributed by atoms with Crippen molar-refractivity contribution in [1.29, 1.82) is 0 Å². The Labute approximate surface area is 125 Å². The fourth-order valence-corrected chi connectivity index (χ4v) is 2.02. The number of hydrogen-bond acceptors (Lipinski definition) is 2. The van der Waals surface area contributed by atoms with Crippen LogP contribution < -0.4 is 15.4 Å². The van der Waals surface area contributed by atoms with Gasteiger partial charge in [0, 0.05) is 17.8 Å². The summed E-state index contributed by atoms with van der Waals surface area (Å²) in [6, 6.07) is 15.1. The summed E-state index contributed by atoms with van der Waals surface area (Å²) >= 11 is 0. The molecule has 0 aromatic heterocycles. The van der Waals surface area contributed by atoms with Crippen molar-refractivity contribution < 1.29 is 9.53 Å². The summed E-state index contributed by atoms with van der Waals surface area (Å²) in [5.41, 5.74) is 2.85. The molecule has 4 heteroatoms. The molecule has 0 spiro atoms. The summed E-state index contributed by atoms with van der Waals surface area (Å²) in [6.07, 6.45) is 0. The number of nitrogens with one attached hydrogen (secondary N) is 2. The Morgan fingerprint density at radius 2 is 1.95 bits per heavy atom. The van der Waals surface area contributed by atoms with E-state index in [0.29, 0.717) is 13.2 Å². The summed E-state index contributed by atoms with van der Waals surface area (Å²) in [5.74, 6) is 0.802. The molecule has 4 nitrogen and oxygen atoms in total. The van der Waals surface area contributed by atoms with Gasteiger partial charge in [-0.2, -0.15) is 0 Å². The lowest BCUT2D eigenvalue weighted by Crippen LogP contribution is -2.28. The predicted octanol–water partition coefficient (Wildman–Crippen LogP) is 3.72. The number of urea groups is 1. The van der Waals surface area contributed by atoms with Crippen LogP contribution in [0.3, 0.4) is 0 Å². The van der Waals surface area contributed by atoms with E-state index < -0.39 is 0 Å². The van der Waals surface area contributed by atoms with Gasteiger partial charge in [0.25, 0.3) is 0 Å². The Morgan fingerprint density at radius 3 is 2.71 bits per heavy atom. The first kappa shape index (κ1) is 14.9. The van der Waals surface area contributed by atoms with Crippen LogP contribution in [0, 0.1) is 6.92 Å². The maximum atomic E-state index is 11.9. The molecule has 0 radical (unpaired) electrons. The van der Waals surface area contributed by atoms with Gasteiger partial charge in [-0.1, -0.05) is 30.3 Å². The molecule has 0 unspecified atom stereocenters. The van der Waals surface area contributed by atoms with E-state index in [9.17, 15) is 4.79 Å². The minimum atomic E-state index is -0.230. The average Bonchev–Trinajstić information content (AvgIpc) is 2.47. The lowest BCUT2D eigenvalue weighted by Gasteiger charge is -2.11. The molecular weight excluding hydrogens is 264 g/mol. The Balaban J connectivity index is 1.92. The molecule has 2 aromatic carbocycles. The van der Waals surface area contributed by atoms with Crippen LogP contribution in [0.15, 0.2) is 48.5 Å². The van der Waals surface area contributed by atoms with Gasteiger partial charge in [0.2, 0.25) is 0 Å². The number of rotatable bonds is 5. The number of para-hydroxylation sites is 1. The maximum Gasteiger partial charge on any atom is 0.319 e. The van der Waals surface area contributed by atoms with E-state index in [2.05, 4.69) is 10.6 Å². The largest absolute Gasteiger partial charge is 0.494 e. The second kappa shape index (κ2) is 7.33. The molecule has 21 heavy (non-hydrogen) atoms. The van der Waals surface area contributed by atoms with E-state index >= 15 is 0 Å². The molecule has 0 saturated carbocycles. The third-order valence-corrected chi connectivity index (χ3v) is 2.99. The van der Waals surface area contributed by atoms with Crippen molar-refractivity contribution in [3.05, 3.63) is 59.7 Å². The van der Waals surface area contributed by atoms with Crippen LogP contribution in [-0.2, 0) is 6.54 Å². The highest BCUT2D eigenvalue weighted by Crippen LogP contribution is 2.17. The van der Waals surface area contributed by atoms with Crippen molar-refractivity contribution in [1.82, 2.24) is 5.32 Å². The molecular formula is C17H20N2O2. The van der Waals surface area contributed by atoms with Crippen LogP contribution in [0.1, 0.15) is 18.1 Å². The minimum Gasteiger partial charge on any atom is -0.494 e. The van der Waals surface area contributed by atoms with Crippen molar-refractivity contribution >= 4 is 11.7 Å². The smallest absolute Gasteiger partial charge is 0.319 e. The standard InChI is InChI=1S/C17H20N2O2/c1-3-21-16-10-5-4-8-14(16)12-18-17(20)19-15-9-6-7-13(2)11-15/h4-11H,3,12H2,1-2H3,(H2,18,19,20). The van der Waals surface area contributed by atoms with Crippen LogP contribution in [0.2, 0.25) is 0 Å². The van der Waals surface area contributed by atoms with Gasteiger partial charge in [-0.25, -0.2) is 4.79 Å². The second-order valence-electron chi connectivity index (χ2n) is 4.72. The van der Waals surface area contributed by atoms with Crippen molar-refractivity contribution in [2.45, 2.75) is 20.4 Å². The molecule has 0 bridgehead atoms. The van der Waals surface area contributed by atoms with E-state index in [-0.39, 0.29) is 6.03 Å². The van der Waals surface area contributed by atoms with Gasteiger partial charge in [-0.05, 0) is 37.6 Å². The third-order valence-electron chi connectivity index (χ3n) is 2.99. The highest BCUT2D eigenvalue weighted by Gasteiger charge is 2.05. The average molecular weight is 284 g/mol. The molecule has 0 aliphatic heterocycles. The van der Waals surface area contributed by atoms with Crippen molar-refractivity contribution in [3.63, 3.8) is 0 Å². The lowest BCUT2D eigenvalue weighted by molar-refractivity contribution is 0.251. The Hall–Kier alpha value is -2.49. The van der Waals surface area contributed by atoms with Gasteiger partial charge in [-0.3, -0.25) is 0 Å². The lowest BCUT2D eigenvalue weighted by atomic mass is 10.2. The molecule has 2 rings (SSSR count). The molecule has 0 aliphatic carbocycles. The monoisotopic (exact) mass is 284 g/mol. The van der Waals surface area contributed by atoms with E-state index in [4.69, 9.17) is 4.74 Å². The Kier molecular flexibility index (Phi) is 5.21. The quantitative estimate of drug-likeness (QED) is 0.879. The first-order valence-corrected chi connectivity index (χ1v) is 7.01. The fourth-order valence-electron chi connectivity index (χ4n) is 2.02. The van der Waals surface area contributed by atoms with E-state index in [1.165, 1.54) is 0 Å². The predicted molar refractivity (Wildman–Crippen MR) is 84.6 cm³/mol. The number of aryl methyl sites for hydroxylation is 1. The van der Waals surface area contributed by atoms with E-state index in [1.807, 2.05) is 62.4 Å². The van der Waals surface area contributed by atoms with Crippen LogP contribution in [-0.4, -0.2) is 12.6 Å². The molecule has 0 atom stereocenters. The second-order valence-corrected chi connectivity index (χ2v) is 4.72. The maximum absolute atomic E-state index is 11.9. The zero-order valence-electron chi connectivity index (χ0n) is 12.3. The van der Waals surface area contributed by atoms with Crippen LogP contribution >= 0.6 is 0 Å². The number of amides is 2. The SMILES string of the molecule is CCOc1ccccc1CNC(=O)Nc1cccc(C)c1. The molecule has 0 fully saturated rings. The number of anilines is 1. The highest BCUT2D eigenvalue weighted by atomic mass is 16.5. The van der Waals surface area contributed by atoms with E-state index in [1.54, 1.807) is 0 Å². The van der Waals surface area contributed by atoms with Crippen molar-refractivity contribution in [2.75, 3.05) is 11.9 Å². The van der Waals surface area contributed by atoms with Gasteiger partial charge < -0.3 is 15.4 Å².